The standard InChI is InChI=1S/C21H26N2S2.C2H6/c1-22-13-6-5-7-16(22)12-14-23-18-8-3-4-9-20(18)25-21-11-10-17(24-2)15-19(21)23;1-2/h3-4,8-11,15-16H,5-7,12-14H2,1-2H3;1-2H3. The molecule has 0 amide bonds. The van der Waals surface area contributed by atoms with Crippen molar-refractivity contribution >= 4 is 34.9 Å². The van der Waals surface area contributed by atoms with Crippen LogP contribution < -0.4 is 4.90 Å². The van der Waals surface area contributed by atoms with E-state index in [9.17, 15) is 0 Å². The maximum atomic E-state index is 2.56. The third-order valence-electron chi connectivity index (χ3n) is 5.44. The van der Waals surface area contributed by atoms with Gasteiger partial charge in [0.25, 0.3) is 0 Å². The van der Waals surface area contributed by atoms with E-state index in [2.05, 4.69) is 65.6 Å². The molecule has 146 valence electrons. The van der Waals surface area contributed by atoms with Crippen molar-refractivity contribution in [3.63, 3.8) is 0 Å². The first kappa shape index (κ1) is 20.6. The predicted octanol–water partition coefficient (Wildman–Crippen LogP) is 6.91. The van der Waals surface area contributed by atoms with Gasteiger partial charge in [-0.05, 0) is 69.4 Å². The molecule has 27 heavy (non-hydrogen) atoms. The monoisotopic (exact) mass is 400 g/mol. The predicted molar refractivity (Wildman–Crippen MR) is 122 cm³/mol. The Balaban J connectivity index is 0.00000102. The number of fused-ring (bicyclic) bond motifs is 2. The van der Waals surface area contributed by atoms with Gasteiger partial charge in [-0.1, -0.05) is 44.2 Å². The van der Waals surface area contributed by atoms with E-state index in [-0.39, 0.29) is 0 Å². The van der Waals surface area contributed by atoms with E-state index in [0.29, 0.717) is 0 Å². The van der Waals surface area contributed by atoms with Crippen LogP contribution in [0.25, 0.3) is 0 Å². The molecule has 0 N–H and O–H groups in total. The van der Waals surface area contributed by atoms with Gasteiger partial charge in [0.15, 0.2) is 0 Å². The summed E-state index contributed by atoms with van der Waals surface area (Å²) in [5.74, 6) is 0. The van der Waals surface area contributed by atoms with E-state index in [4.69, 9.17) is 0 Å². The Morgan fingerprint density at radius 3 is 2.59 bits per heavy atom. The van der Waals surface area contributed by atoms with Crippen molar-refractivity contribution in [2.45, 2.75) is 60.3 Å². The molecular weight excluding hydrogens is 368 g/mol. The number of rotatable bonds is 4. The number of thioether (sulfide) groups is 1. The summed E-state index contributed by atoms with van der Waals surface area (Å²) < 4.78 is 0. The molecule has 2 aliphatic heterocycles. The van der Waals surface area contributed by atoms with Crippen LogP contribution in [0, 0.1) is 0 Å². The minimum Gasteiger partial charge on any atom is -0.340 e. The van der Waals surface area contributed by atoms with Crippen LogP contribution in [0.15, 0.2) is 57.2 Å². The van der Waals surface area contributed by atoms with Crippen molar-refractivity contribution in [1.82, 2.24) is 4.90 Å². The Hall–Kier alpha value is -1.10. The van der Waals surface area contributed by atoms with Crippen LogP contribution in [0.3, 0.4) is 0 Å². The number of likely N-dealkylation sites (tertiary alicyclic amines) is 1. The molecule has 2 nitrogen and oxygen atoms in total. The van der Waals surface area contributed by atoms with Gasteiger partial charge < -0.3 is 9.80 Å². The average Bonchev–Trinajstić information content (AvgIpc) is 2.73. The highest BCUT2D eigenvalue weighted by molar-refractivity contribution is 8.00. The zero-order valence-electron chi connectivity index (χ0n) is 17.1. The van der Waals surface area contributed by atoms with E-state index in [0.717, 1.165) is 12.6 Å². The van der Waals surface area contributed by atoms with Crippen molar-refractivity contribution in [2.24, 2.45) is 0 Å². The molecule has 0 saturated carbocycles. The fourth-order valence-electron chi connectivity index (χ4n) is 3.96. The van der Waals surface area contributed by atoms with E-state index in [1.165, 1.54) is 58.3 Å². The second-order valence-electron chi connectivity index (χ2n) is 6.97. The van der Waals surface area contributed by atoms with Gasteiger partial charge in [-0.25, -0.2) is 0 Å². The Bertz CT molecular complexity index is 747. The van der Waals surface area contributed by atoms with E-state index < -0.39 is 0 Å². The third kappa shape index (κ3) is 4.67. The number of nitrogens with zero attached hydrogens (tertiary/aromatic N) is 2. The SMILES string of the molecule is CC.CSc1ccc2c(c1)N(CCC1CCCCN1C)c1ccccc1S2. The van der Waals surface area contributed by atoms with Gasteiger partial charge in [0.2, 0.25) is 0 Å². The summed E-state index contributed by atoms with van der Waals surface area (Å²) >= 11 is 3.73. The zero-order chi connectivity index (χ0) is 19.2. The van der Waals surface area contributed by atoms with Crippen molar-refractivity contribution in [1.29, 1.82) is 0 Å². The Labute approximate surface area is 173 Å². The van der Waals surface area contributed by atoms with Crippen molar-refractivity contribution in [3.8, 4) is 0 Å². The first-order valence-corrected chi connectivity index (χ1v) is 12.2. The molecule has 2 aromatic carbocycles. The highest BCUT2D eigenvalue weighted by Gasteiger charge is 2.25. The van der Waals surface area contributed by atoms with Crippen molar-refractivity contribution in [3.05, 3.63) is 42.5 Å². The zero-order valence-corrected chi connectivity index (χ0v) is 18.7. The first-order chi connectivity index (χ1) is 13.3. The number of anilines is 2. The van der Waals surface area contributed by atoms with E-state index in [1.54, 1.807) is 0 Å². The fourth-order valence-corrected chi connectivity index (χ4v) is 5.47. The van der Waals surface area contributed by atoms with Crippen LogP contribution in [0.2, 0.25) is 0 Å². The molecule has 1 saturated heterocycles. The molecule has 2 aliphatic rings. The lowest BCUT2D eigenvalue weighted by atomic mass is 9.99. The molecular formula is C23H32N2S2. The van der Waals surface area contributed by atoms with Gasteiger partial charge in [-0.3, -0.25) is 0 Å². The van der Waals surface area contributed by atoms with Gasteiger partial charge in [0.1, 0.15) is 0 Å². The molecule has 4 rings (SSSR count). The lowest BCUT2D eigenvalue weighted by Gasteiger charge is -2.37. The molecule has 1 atom stereocenters. The van der Waals surface area contributed by atoms with E-state index >= 15 is 0 Å². The summed E-state index contributed by atoms with van der Waals surface area (Å²) in [6, 6.07) is 16.5. The molecule has 0 bridgehead atoms. The minimum absolute atomic E-state index is 0.725. The van der Waals surface area contributed by atoms with Crippen molar-refractivity contribution in [2.75, 3.05) is 31.3 Å². The maximum absolute atomic E-state index is 2.56. The largest absolute Gasteiger partial charge is 0.340 e. The third-order valence-corrected chi connectivity index (χ3v) is 7.30. The summed E-state index contributed by atoms with van der Waals surface area (Å²) in [6.07, 6.45) is 7.48. The molecule has 1 fully saturated rings. The van der Waals surface area contributed by atoms with Crippen LogP contribution >= 0.6 is 23.5 Å². The van der Waals surface area contributed by atoms with Crippen LogP contribution in [-0.2, 0) is 0 Å². The van der Waals surface area contributed by atoms with Gasteiger partial charge in [-0.15, -0.1) is 11.8 Å². The number of hydrogen-bond donors (Lipinski definition) is 0. The number of hydrogen-bond acceptors (Lipinski definition) is 4. The van der Waals surface area contributed by atoms with Crippen LogP contribution in [0.5, 0.6) is 0 Å². The quantitative estimate of drug-likeness (QED) is 0.514. The summed E-state index contributed by atoms with van der Waals surface area (Å²) in [4.78, 5) is 9.23. The summed E-state index contributed by atoms with van der Waals surface area (Å²) in [7, 11) is 2.30. The molecule has 0 aliphatic carbocycles. The topological polar surface area (TPSA) is 6.48 Å². The number of piperidine rings is 1. The van der Waals surface area contributed by atoms with Crippen molar-refractivity contribution < 1.29 is 0 Å². The second kappa shape index (κ2) is 9.90. The molecule has 4 heteroatoms. The fraction of sp³-hybridized carbons (Fsp3) is 0.478. The highest BCUT2D eigenvalue weighted by Crippen LogP contribution is 2.49. The summed E-state index contributed by atoms with van der Waals surface area (Å²) in [5.41, 5.74) is 2.76. The van der Waals surface area contributed by atoms with Gasteiger partial charge in [-0.2, -0.15) is 0 Å². The minimum atomic E-state index is 0.725. The summed E-state index contributed by atoms with van der Waals surface area (Å²) in [5, 5.41) is 0. The van der Waals surface area contributed by atoms with Gasteiger partial charge in [0, 0.05) is 27.3 Å². The van der Waals surface area contributed by atoms with Crippen LogP contribution in [-0.4, -0.2) is 37.3 Å². The summed E-state index contributed by atoms with van der Waals surface area (Å²) in [6.45, 7) is 6.35. The van der Waals surface area contributed by atoms with Crippen LogP contribution in [0.1, 0.15) is 39.5 Å². The Morgan fingerprint density at radius 1 is 1.04 bits per heavy atom. The maximum Gasteiger partial charge on any atom is 0.0564 e. The molecule has 0 aromatic heterocycles. The van der Waals surface area contributed by atoms with E-state index in [1.807, 2.05) is 37.4 Å². The molecule has 0 radical (unpaired) electrons. The smallest absolute Gasteiger partial charge is 0.0564 e. The number of para-hydroxylation sites is 1. The highest BCUT2D eigenvalue weighted by atomic mass is 32.2. The second-order valence-corrected chi connectivity index (χ2v) is 8.94. The molecule has 0 spiro atoms. The Morgan fingerprint density at radius 2 is 1.81 bits per heavy atom. The first-order valence-electron chi connectivity index (χ1n) is 10.2. The van der Waals surface area contributed by atoms with Crippen LogP contribution in [0.4, 0.5) is 11.4 Å². The Kier molecular flexibility index (Phi) is 7.57. The lowest BCUT2D eigenvalue weighted by Crippen LogP contribution is -2.38. The van der Waals surface area contributed by atoms with Gasteiger partial charge in [0.05, 0.1) is 11.4 Å². The lowest BCUT2D eigenvalue weighted by molar-refractivity contribution is 0.178. The normalized spacial score (nSPS) is 19.0. The molecule has 1 unspecified atom stereocenters. The molecule has 2 aromatic rings. The molecule has 2 heterocycles. The van der Waals surface area contributed by atoms with Gasteiger partial charge >= 0.3 is 0 Å². The number of benzene rings is 2. The average molecular weight is 401 g/mol.